The Labute approximate surface area is 112 Å². The second kappa shape index (κ2) is 4.72. The number of rotatable bonds is 2. The van der Waals surface area contributed by atoms with Crippen LogP contribution in [-0.2, 0) is 4.87 Å². The van der Waals surface area contributed by atoms with Crippen LogP contribution >= 0.6 is 23.2 Å². The third-order valence-corrected chi connectivity index (χ3v) is 3.72. The molecule has 0 bridgehead atoms. The van der Waals surface area contributed by atoms with Crippen molar-refractivity contribution in [3.8, 4) is 0 Å². The Bertz CT molecular complexity index is 513. The van der Waals surface area contributed by atoms with Gasteiger partial charge in [0.15, 0.2) is 0 Å². The van der Waals surface area contributed by atoms with Crippen LogP contribution in [0.1, 0.15) is 23.6 Å². The molecule has 0 aliphatic carbocycles. The van der Waals surface area contributed by atoms with Crippen LogP contribution < -0.4 is 0 Å². The molecule has 0 saturated heterocycles. The molecule has 0 aliphatic heterocycles. The minimum absolute atomic E-state index is 0.591. The van der Waals surface area contributed by atoms with Crippen LogP contribution in [-0.4, -0.2) is 0 Å². The molecule has 2 heteroatoms. The summed E-state index contributed by atoms with van der Waals surface area (Å²) in [4.78, 5) is -0.591. The summed E-state index contributed by atoms with van der Waals surface area (Å²) in [5.74, 6) is 0. The van der Waals surface area contributed by atoms with Crippen molar-refractivity contribution < 1.29 is 0 Å². The second-order valence-electron chi connectivity index (χ2n) is 4.35. The normalized spacial score (nSPS) is 14.4. The lowest BCUT2D eigenvalue weighted by Crippen LogP contribution is -2.16. The molecule has 88 valence electrons. The van der Waals surface area contributed by atoms with Gasteiger partial charge in [0, 0.05) is 5.02 Å². The van der Waals surface area contributed by atoms with E-state index in [1.54, 1.807) is 0 Å². The fraction of sp³-hybridized carbons (Fsp3) is 0.200. The molecule has 2 aromatic carbocycles. The van der Waals surface area contributed by atoms with Gasteiger partial charge in [0.05, 0.1) is 4.87 Å². The van der Waals surface area contributed by atoms with E-state index >= 15 is 0 Å². The molecule has 0 N–H and O–H groups in total. The number of hydrogen-bond donors (Lipinski definition) is 0. The maximum atomic E-state index is 6.66. The van der Waals surface area contributed by atoms with E-state index in [4.69, 9.17) is 23.2 Å². The largest absolute Gasteiger partial charge is 0.109 e. The lowest BCUT2D eigenvalue weighted by atomic mass is 9.91. The minimum Gasteiger partial charge on any atom is -0.109 e. The number of hydrogen-bond acceptors (Lipinski definition) is 0. The fourth-order valence-corrected chi connectivity index (χ4v) is 2.53. The first-order valence-electron chi connectivity index (χ1n) is 5.53. The van der Waals surface area contributed by atoms with Crippen molar-refractivity contribution in [3.05, 3.63) is 70.2 Å². The van der Waals surface area contributed by atoms with Crippen molar-refractivity contribution in [2.24, 2.45) is 0 Å². The molecule has 1 unspecified atom stereocenters. The van der Waals surface area contributed by atoms with Gasteiger partial charge >= 0.3 is 0 Å². The molecular weight excluding hydrogens is 251 g/mol. The molecule has 0 spiro atoms. The highest BCUT2D eigenvalue weighted by atomic mass is 35.5. The van der Waals surface area contributed by atoms with E-state index in [0.29, 0.717) is 5.02 Å². The first kappa shape index (κ1) is 12.5. The van der Waals surface area contributed by atoms with Crippen molar-refractivity contribution in [1.82, 2.24) is 0 Å². The summed E-state index contributed by atoms with van der Waals surface area (Å²) in [6.45, 7) is 4.03. The highest BCUT2D eigenvalue weighted by Crippen LogP contribution is 2.39. The summed E-state index contributed by atoms with van der Waals surface area (Å²) in [6, 6.07) is 15.9. The lowest BCUT2D eigenvalue weighted by molar-refractivity contribution is 0.822. The molecule has 0 radical (unpaired) electrons. The molecule has 0 aromatic heterocycles. The molecule has 2 aromatic rings. The molecule has 0 nitrogen and oxygen atoms in total. The van der Waals surface area contributed by atoms with Gasteiger partial charge < -0.3 is 0 Å². The van der Waals surface area contributed by atoms with Gasteiger partial charge in [-0.15, -0.1) is 11.6 Å². The molecular formula is C15H14Cl2. The van der Waals surface area contributed by atoms with Crippen LogP contribution in [0.3, 0.4) is 0 Å². The van der Waals surface area contributed by atoms with E-state index in [2.05, 4.69) is 19.1 Å². The van der Waals surface area contributed by atoms with Crippen LogP contribution in [0, 0.1) is 6.92 Å². The quantitative estimate of drug-likeness (QED) is 0.658. The van der Waals surface area contributed by atoms with Crippen LogP contribution in [0.5, 0.6) is 0 Å². The molecule has 0 fully saturated rings. The smallest absolute Gasteiger partial charge is 0.0930 e. The monoisotopic (exact) mass is 264 g/mol. The standard InChI is InChI=1S/C15H14Cl2/c1-11-7-9-12(10-8-11)15(2,17)13-5-3-4-6-14(13)16/h3-10H,1-2H3. The van der Waals surface area contributed by atoms with Gasteiger partial charge in [-0.1, -0.05) is 59.6 Å². The average molecular weight is 265 g/mol. The van der Waals surface area contributed by atoms with E-state index in [9.17, 15) is 0 Å². The van der Waals surface area contributed by atoms with Gasteiger partial charge in [-0.25, -0.2) is 0 Å². The van der Waals surface area contributed by atoms with Crippen LogP contribution in [0.2, 0.25) is 5.02 Å². The van der Waals surface area contributed by atoms with E-state index in [-0.39, 0.29) is 0 Å². The van der Waals surface area contributed by atoms with Crippen molar-refractivity contribution >= 4 is 23.2 Å². The van der Waals surface area contributed by atoms with Gasteiger partial charge in [0.2, 0.25) is 0 Å². The Kier molecular flexibility index (Phi) is 3.46. The highest BCUT2D eigenvalue weighted by Gasteiger charge is 2.27. The zero-order valence-electron chi connectivity index (χ0n) is 9.87. The third kappa shape index (κ3) is 2.48. The van der Waals surface area contributed by atoms with Crippen molar-refractivity contribution in [1.29, 1.82) is 0 Å². The maximum absolute atomic E-state index is 6.66. The molecule has 0 amide bonds. The Morgan fingerprint density at radius 3 is 2.12 bits per heavy atom. The van der Waals surface area contributed by atoms with Gasteiger partial charge in [-0.2, -0.15) is 0 Å². The zero-order valence-corrected chi connectivity index (χ0v) is 11.4. The van der Waals surface area contributed by atoms with Gasteiger partial charge in [-0.05, 0) is 31.0 Å². The molecule has 0 aliphatic rings. The third-order valence-electron chi connectivity index (χ3n) is 2.97. The van der Waals surface area contributed by atoms with Crippen molar-refractivity contribution in [2.75, 3.05) is 0 Å². The van der Waals surface area contributed by atoms with Crippen LogP contribution in [0.15, 0.2) is 48.5 Å². The van der Waals surface area contributed by atoms with Gasteiger partial charge in [-0.3, -0.25) is 0 Å². The first-order valence-corrected chi connectivity index (χ1v) is 6.28. The summed E-state index contributed by atoms with van der Waals surface area (Å²) in [7, 11) is 0. The topological polar surface area (TPSA) is 0 Å². The summed E-state index contributed by atoms with van der Waals surface area (Å²) >= 11 is 12.9. The predicted octanol–water partition coefficient (Wildman–Crippen LogP) is 5.15. The van der Waals surface area contributed by atoms with Crippen molar-refractivity contribution in [3.63, 3.8) is 0 Å². The number of aryl methyl sites for hydroxylation is 1. The number of benzene rings is 2. The SMILES string of the molecule is Cc1ccc(C(C)(Cl)c2ccccc2Cl)cc1. The average Bonchev–Trinajstić information content (AvgIpc) is 2.30. The van der Waals surface area contributed by atoms with Gasteiger partial charge in [0.25, 0.3) is 0 Å². The van der Waals surface area contributed by atoms with Crippen LogP contribution in [0.25, 0.3) is 0 Å². The van der Waals surface area contributed by atoms with Crippen LogP contribution in [0.4, 0.5) is 0 Å². The van der Waals surface area contributed by atoms with Gasteiger partial charge in [0.1, 0.15) is 0 Å². The zero-order chi connectivity index (χ0) is 12.5. The molecule has 17 heavy (non-hydrogen) atoms. The lowest BCUT2D eigenvalue weighted by Gasteiger charge is -2.24. The summed E-state index contributed by atoms with van der Waals surface area (Å²) in [6.07, 6.45) is 0. The Morgan fingerprint density at radius 1 is 0.941 bits per heavy atom. The Balaban J connectivity index is 2.49. The number of alkyl halides is 1. The highest BCUT2D eigenvalue weighted by molar-refractivity contribution is 6.34. The first-order chi connectivity index (χ1) is 8.01. The second-order valence-corrected chi connectivity index (χ2v) is 5.51. The molecule has 1 atom stereocenters. The fourth-order valence-electron chi connectivity index (χ4n) is 1.86. The molecule has 2 rings (SSSR count). The van der Waals surface area contributed by atoms with E-state index in [1.165, 1.54) is 5.56 Å². The van der Waals surface area contributed by atoms with E-state index < -0.39 is 4.87 Å². The Morgan fingerprint density at radius 2 is 1.53 bits per heavy atom. The molecule has 0 saturated carbocycles. The molecule has 0 heterocycles. The predicted molar refractivity (Wildman–Crippen MR) is 74.9 cm³/mol. The minimum atomic E-state index is -0.591. The van der Waals surface area contributed by atoms with E-state index in [0.717, 1.165) is 11.1 Å². The summed E-state index contributed by atoms with van der Waals surface area (Å²) in [5.41, 5.74) is 3.21. The number of halogens is 2. The van der Waals surface area contributed by atoms with E-state index in [1.807, 2.05) is 43.3 Å². The van der Waals surface area contributed by atoms with Crippen molar-refractivity contribution in [2.45, 2.75) is 18.7 Å². The summed E-state index contributed by atoms with van der Waals surface area (Å²) in [5, 5.41) is 0.700. The maximum Gasteiger partial charge on any atom is 0.0930 e. The Hall–Kier alpha value is -0.980. The summed E-state index contributed by atoms with van der Waals surface area (Å²) < 4.78 is 0.